The Kier molecular flexibility index (Phi) is 14.6. The summed E-state index contributed by atoms with van der Waals surface area (Å²) >= 11 is 0. The second-order valence-corrected chi connectivity index (χ2v) is 5.19. The number of hydrogen-bond donors (Lipinski definition) is 1. The first-order valence-corrected chi connectivity index (χ1v) is 8.90. The minimum Gasteiger partial charge on any atom is -0.512 e. The molecule has 1 N–H and O–H groups in total. The van der Waals surface area contributed by atoms with Crippen LogP contribution in [0.15, 0.2) is 36.1 Å². The fourth-order valence-corrected chi connectivity index (χ4v) is 2.73. The fraction of sp³-hybridized carbons (Fsp3) is 0.619. The third-order valence-electron chi connectivity index (χ3n) is 3.84. The minimum absolute atomic E-state index is 0. The van der Waals surface area contributed by atoms with Crippen molar-refractivity contribution in [1.82, 2.24) is 5.06 Å². The maximum absolute atomic E-state index is 10.2. The number of benzene rings is 1. The summed E-state index contributed by atoms with van der Waals surface area (Å²) in [6, 6.07) is 8.57. The summed E-state index contributed by atoms with van der Waals surface area (Å²) < 4.78 is 0. The Labute approximate surface area is 150 Å². The average molecular weight is 338 g/mol. The number of rotatable bonds is 4. The smallest absolute Gasteiger partial charge is 0.0933 e. The summed E-state index contributed by atoms with van der Waals surface area (Å²) in [6.45, 7) is 13.7. The Morgan fingerprint density at radius 1 is 1.17 bits per heavy atom. The lowest BCUT2D eigenvalue weighted by Gasteiger charge is -2.18. The van der Waals surface area contributed by atoms with E-state index in [0.717, 1.165) is 19.5 Å². The minimum atomic E-state index is 0. The van der Waals surface area contributed by atoms with E-state index in [2.05, 4.69) is 31.2 Å². The van der Waals surface area contributed by atoms with Crippen molar-refractivity contribution in [3.8, 4) is 0 Å². The second kappa shape index (κ2) is 14.1. The first-order valence-electron chi connectivity index (χ1n) is 8.90. The molecule has 140 valence electrons. The number of hydrogen-bond acceptors (Lipinski definition) is 3. The molecule has 1 unspecified atom stereocenters. The van der Waals surface area contributed by atoms with Gasteiger partial charge in [0.15, 0.2) is 0 Å². The topological polar surface area (TPSA) is 32.7 Å². The quantitative estimate of drug-likeness (QED) is 0.673. The Bertz CT molecular complexity index is 440. The summed E-state index contributed by atoms with van der Waals surface area (Å²) in [5.41, 5.74) is 2.53. The highest BCUT2D eigenvalue weighted by Crippen LogP contribution is 2.36. The van der Waals surface area contributed by atoms with Crippen LogP contribution in [0.4, 0.5) is 0 Å². The number of hydroxylamine groups is 2. The molecule has 0 saturated carbocycles. The molecule has 1 aliphatic heterocycles. The summed E-state index contributed by atoms with van der Waals surface area (Å²) in [5.74, 6) is 0.915. The standard InChI is InChI=1S/C16H23NO2.2C2H6.CH4/c1-4-5-16(18)15-11-17(19-3)10-14(15)13-8-6-12(2)7-9-13;2*1-2;/h5-9,14-15,18H,4,10-11H2,1-3H3;2*1-2H3;1H4/b16-5-;;;/t14?,15-;;;/m0.../s1. The fourth-order valence-electron chi connectivity index (χ4n) is 2.73. The lowest BCUT2D eigenvalue weighted by atomic mass is 9.87. The summed E-state index contributed by atoms with van der Waals surface area (Å²) in [4.78, 5) is 5.34. The lowest BCUT2D eigenvalue weighted by molar-refractivity contribution is -0.115. The van der Waals surface area contributed by atoms with E-state index in [0.29, 0.717) is 11.7 Å². The summed E-state index contributed by atoms with van der Waals surface area (Å²) in [6.07, 6.45) is 2.76. The van der Waals surface area contributed by atoms with Crippen LogP contribution in [0.3, 0.4) is 0 Å². The predicted molar refractivity (Wildman–Crippen MR) is 106 cm³/mol. The Balaban J connectivity index is 0. The molecule has 0 bridgehead atoms. The van der Waals surface area contributed by atoms with Crippen molar-refractivity contribution in [2.24, 2.45) is 5.92 Å². The van der Waals surface area contributed by atoms with Gasteiger partial charge in [-0.05, 0) is 25.0 Å². The highest BCUT2D eigenvalue weighted by Gasteiger charge is 2.36. The molecule has 0 aromatic heterocycles. The van der Waals surface area contributed by atoms with Crippen LogP contribution < -0.4 is 0 Å². The second-order valence-electron chi connectivity index (χ2n) is 5.19. The van der Waals surface area contributed by atoms with Crippen LogP contribution in [0.2, 0.25) is 0 Å². The number of allylic oxidation sites excluding steroid dienone is 1. The highest BCUT2D eigenvalue weighted by atomic mass is 16.7. The van der Waals surface area contributed by atoms with Gasteiger partial charge in [-0.25, -0.2) is 0 Å². The van der Waals surface area contributed by atoms with Gasteiger partial charge < -0.3 is 9.94 Å². The van der Waals surface area contributed by atoms with Crippen molar-refractivity contribution in [3.63, 3.8) is 0 Å². The molecule has 1 aliphatic rings. The third kappa shape index (κ3) is 7.06. The van der Waals surface area contributed by atoms with E-state index < -0.39 is 0 Å². The average Bonchev–Trinajstić information content (AvgIpc) is 3.04. The molecule has 1 aromatic rings. The maximum atomic E-state index is 10.2. The van der Waals surface area contributed by atoms with E-state index in [1.54, 1.807) is 7.11 Å². The number of aliphatic hydroxyl groups is 1. The van der Waals surface area contributed by atoms with Crippen LogP contribution >= 0.6 is 0 Å². The van der Waals surface area contributed by atoms with Crippen molar-refractivity contribution >= 4 is 0 Å². The zero-order valence-electron chi connectivity index (χ0n) is 16.0. The first kappa shape index (κ1) is 24.9. The number of aryl methyl sites for hydroxylation is 1. The lowest BCUT2D eigenvalue weighted by Crippen LogP contribution is -2.19. The SMILES string of the molecule is C.CC.CC.CC/C=C(\O)[C@H]1CN(OC)CC1c1ccc(C)cc1. The largest absolute Gasteiger partial charge is 0.512 e. The van der Waals surface area contributed by atoms with Crippen molar-refractivity contribution in [2.75, 3.05) is 20.2 Å². The zero-order valence-corrected chi connectivity index (χ0v) is 16.0. The van der Waals surface area contributed by atoms with Gasteiger partial charge in [0.1, 0.15) is 0 Å². The van der Waals surface area contributed by atoms with Gasteiger partial charge in [-0.3, -0.25) is 0 Å². The monoisotopic (exact) mass is 337 g/mol. The van der Waals surface area contributed by atoms with Gasteiger partial charge in [0.2, 0.25) is 0 Å². The molecule has 1 fully saturated rings. The molecule has 2 rings (SSSR count). The first-order chi connectivity index (χ1) is 11.2. The van der Waals surface area contributed by atoms with Gasteiger partial charge in [0.25, 0.3) is 0 Å². The Morgan fingerprint density at radius 2 is 1.71 bits per heavy atom. The Morgan fingerprint density at radius 3 is 2.17 bits per heavy atom. The molecule has 1 saturated heterocycles. The van der Waals surface area contributed by atoms with Crippen LogP contribution in [0.1, 0.15) is 65.5 Å². The van der Waals surface area contributed by atoms with Crippen LogP contribution in [-0.2, 0) is 4.84 Å². The Hall–Kier alpha value is -1.32. The third-order valence-corrected chi connectivity index (χ3v) is 3.84. The molecular weight excluding hydrogens is 298 g/mol. The van der Waals surface area contributed by atoms with E-state index in [1.165, 1.54) is 11.1 Å². The van der Waals surface area contributed by atoms with Crippen molar-refractivity contribution in [3.05, 3.63) is 47.2 Å². The van der Waals surface area contributed by atoms with Gasteiger partial charge in [0, 0.05) is 24.9 Å². The van der Waals surface area contributed by atoms with E-state index in [4.69, 9.17) is 4.84 Å². The normalized spacial score (nSPS) is 20.2. The molecule has 1 aromatic carbocycles. The van der Waals surface area contributed by atoms with Crippen LogP contribution in [-0.4, -0.2) is 30.4 Å². The van der Waals surface area contributed by atoms with Gasteiger partial charge in [0.05, 0.1) is 12.9 Å². The molecule has 0 spiro atoms. The summed E-state index contributed by atoms with van der Waals surface area (Å²) in [5, 5.41) is 12.2. The van der Waals surface area contributed by atoms with E-state index in [1.807, 2.05) is 45.8 Å². The molecule has 24 heavy (non-hydrogen) atoms. The van der Waals surface area contributed by atoms with Crippen molar-refractivity contribution in [1.29, 1.82) is 0 Å². The van der Waals surface area contributed by atoms with E-state index in [-0.39, 0.29) is 13.3 Å². The summed E-state index contributed by atoms with van der Waals surface area (Å²) in [7, 11) is 1.69. The molecule has 3 nitrogen and oxygen atoms in total. The number of nitrogens with zero attached hydrogens (tertiary/aromatic N) is 1. The van der Waals surface area contributed by atoms with Crippen molar-refractivity contribution in [2.45, 2.75) is 61.3 Å². The zero-order chi connectivity index (χ0) is 17.8. The highest BCUT2D eigenvalue weighted by molar-refractivity contribution is 5.28. The molecule has 0 radical (unpaired) electrons. The maximum Gasteiger partial charge on any atom is 0.0933 e. The van der Waals surface area contributed by atoms with Gasteiger partial charge in [-0.2, -0.15) is 5.06 Å². The van der Waals surface area contributed by atoms with Crippen LogP contribution in [0.25, 0.3) is 0 Å². The van der Waals surface area contributed by atoms with Crippen molar-refractivity contribution < 1.29 is 9.94 Å². The predicted octanol–water partition coefficient (Wildman–Crippen LogP) is 6.11. The molecule has 1 heterocycles. The molecule has 0 aliphatic carbocycles. The van der Waals surface area contributed by atoms with Gasteiger partial charge in [-0.15, -0.1) is 0 Å². The van der Waals surface area contributed by atoms with E-state index >= 15 is 0 Å². The molecule has 0 amide bonds. The van der Waals surface area contributed by atoms with E-state index in [9.17, 15) is 5.11 Å². The molecule has 2 atom stereocenters. The van der Waals surface area contributed by atoms with Gasteiger partial charge >= 0.3 is 0 Å². The molecular formula is C21H39NO2. The van der Waals surface area contributed by atoms with Crippen LogP contribution in [0.5, 0.6) is 0 Å². The van der Waals surface area contributed by atoms with Crippen LogP contribution in [0, 0.1) is 12.8 Å². The van der Waals surface area contributed by atoms with Gasteiger partial charge in [-0.1, -0.05) is 71.9 Å². The molecule has 3 heteroatoms. The number of aliphatic hydroxyl groups excluding tert-OH is 1.